The summed E-state index contributed by atoms with van der Waals surface area (Å²) >= 11 is 0. The van der Waals surface area contributed by atoms with Crippen LogP contribution in [0, 0.1) is 0 Å². The Morgan fingerprint density at radius 3 is 2.40 bits per heavy atom. The van der Waals surface area contributed by atoms with Gasteiger partial charge in [-0.15, -0.1) is 0 Å². The van der Waals surface area contributed by atoms with E-state index in [2.05, 4.69) is 34.5 Å². The molecule has 2 aliphatic heterocycles. The number of carbonyl (C=O) groups excluding carboxylic acids is 1. The van der Waals surface area contributed by atoms with Crippen molar-refractivity contribution in [3.05, 3.63) is 59.7 Å². The molecular formula is C24H26N2O4. The molecule has 6 nitrogen and oxygen atoms in total. The number of hydrogen-bond donors (Lipinski definition) is 2. The van der Waals surface area contributed by atoms with Gasteiger partial charge in [-0.2, -0.15) is 0 Å². The molecular weight excluding hydrogens is 380 g/mol. The van der Waals surface area contributed by atoms with Gasteiger partial charge >= 0.3 is 12.1 Å². The average molecular weight is 406 g/mol. The first-order valence-electron chi connectivity index (χ1n) is 10.7. The van der Waals surface area contributed by atoms with Crippen LogP contribution in [0.3, 0.4) is 0 Å². The van der Waals surface area contributed by atoms with Gasteiger partial charge in [0.15, 0.2) is 0 Å². The Morgan fingerprint density at radius 1 is 1.07 bits per heavy atom. The predicted octanol–water partition coefficient (Wildman–Crippen LogP) is 3.61. The van der Waals surface area contributed by atoms with Gasteiger partial charge in [0.1, 0.15) is 6.61 Å². The molecule has 1 aliphatic carbocycles. The number of fused-ring (bicyclic) bond motifs is 4. The lowest BCUT2D eigenvalue weighted by molar-refractivity contribution is -0.138. The number of ether oxygens (including phenoxy) is 1. The minimum absolute atomic E-state index is 0.00914. The molecule has 0 aromatic heterocycles. The van der Waals surface area contributed by atoms with Gasteiger partial charge in [-0.25, -0.2) is 4.79 Å². The summed E-state index contributed by atoms with van der Waals surface area (Å²) in [5.41, 5.74) is 3.94. The summed E-state index contributed by atoms with van der Waals surface area (Å²) in [6, 6.07) is 16.5. The minimum Gasteiger partial charge on any atom is -0.481 e. The van der Waals surface area contributed by atoms with Crippen LogP contribution in [0.2, 0.25) is 0 Å². The quantitative estimate of drug-likeness (QED) is 0.793. The monoisotopic (exact) mass is 406 g/mol. The Bertz CT molecular complexity index is 945. The molecule has 2 heterocycles. The molecule has 2 atom stereocenters. The van der Waals surface area contributed by atoms with Crippen LogP contribution in [-0.4, -0.2) is 53.3 Å². The summed E-state index contributed by atoms with van der Waals surface area (Å²) in [6.07, 6.45) is 2.01. The van der Waals surface area contributed by atoms with E-state index in [4.69, 9.17) is 4.74 Å². The second-order valence-corrected chi connectivity index (χ2v) is 8.62. The van der Waals surface area contributed by atoms with Crippen molar-refractivity contribution in [2.75, 3.05) is 19.7 Å². The third-order valence-electron chi connectivity index (χ3n) is 7.01. The minimum atomic E-state index is -0.886. The highest BCUT2D eigenvalue weighted by molar-refractivity contribution is 5.79. The molecule has 0 bridgehead atoms. The molecule has 2 fully saturated rings. The van der Waals surface area contributed by atoms with Crippen molar-refractivity contribution >= 4 is 12.1 Å². The fourth-order valence-corrected chi connectivity index (χ4v) is 5.73. The summed E-state index contributed by atoms with van der Waals surface area (Å²) in [4.78, 5) is 26.7. The molecule has 2 N–H and O–H groups in total. The summed E-state index contributed by atoms with van der Waals surface area (Å²) in [6.45, 7) is 2.03. The zero-order valence-electron chi connectivity index (χ0n) is 16.8. The first kappa shape index (κ1) is 19.1. The zero-order chi connectivity index (χ0) is 20.7. The summed E-state index contributed by atoms with van der Waals surface area (Å²) in [5, 5.41) is 12.5. The van der Waals surface area contributed by atoms with Crippen molar-refractivity contribution in [1.29, 1.82) is 0 Å². The van der Waals surface area contributed by atoms with E-state index >= 15 is 0 Å². The predicted molar refractivity (Wildman–Crippen MR) is 112 cm³/mol. The van der Waals surface area contributed by atoms with Gasteiger partial charge in [0, 0.05) is 18.5 Å². The van der Waals surface area contributed by atoms with Crippen LogP contribution in [0.4, 0.5) is 4.79 Å². The maximum absolute atomic E-state index is 12.8. The van der Waals surface area contributed by atoms with Crippen molar-refractivity contribution in [1.82, 2.24) is 10.2 Å². The highest BCUT2D eigenvalue weighted by Crippen LogP contribution is 2.44. The normalized spacial score (nSPS) is 24.9. The molecule has 0 spiro atoms. The van der Waals surface area contributed by atoms with Crippen LogP contribution >= 0.6 is 0 Å². The Hall–Kier alpha value is -2.86. The van der Waals surface area contributed by atoms with Gasteiger partial charge < -0.3 is 15.2 Å². The standard InChI is InChI=1S/C24H26N2O4/c27-22(28)14-24(11-13-26-12-5-10-21(24)26)25-23(29)30-15-20-18-8-3-1-6-16(18)17-7-2-4-9-19(17)20/h1-4,6-9,20-21H,5,10-15H2,(H,25,29)(H,27,28). The second kappa shape index (κ2) is 7.43. The van der Waals surface area contributed by atoms with Crippen LogP contribution in [-0.2, 0) is 9.53 Å². The molecule has 2 unspecified atom stereocenters. The maximum atomic E-state index is 12.8. The van der Waals surface area contributed by atoms with Crippen LogP contribution in [0.1, 0.15) is 42.7 Å². The van der Waals surface area contributed by atoms with Crippen LogP contribution in [0.25, 0.3) is 11.1 Å². The molecule has 6 heteroatoms. The van der Waals surface area contributed by atoms with Crippen LogP contribution in [0.15, 0.2) is 48.5 Å². The summed E-state index contributed by atoms with van der Waals surface area (Å²) in [5.74, 6) is -0.896. The van der Waals surface area contributed by atoms with Crippen molar-refractivity contribution in [2.24, 2.45) is 0 Å². The molecule has 0 radical (unpaired) electrons. The van der Waals surface area contributed by atoms with Gasteiger partial charge in [-0.1, -0.05) is 48.5 Å². The van der Waals surface area contributed by atoms with E-state index in [1.807, 2.05) is 24.3 Å². The van der Waals surface area contributed by atoms with Crippen molar-refractivity contribution < 1.29 is 19.4 Å². The van der Waals surface area contributed by atoms with E-state index < -0.39 is 17.6 Å². The topological polar surface area (TPSA) is 78.9 Å². The van der Waals surface area contributed by atoms with E-state index in [0.29, 0.717) is 6.42 Å². The number of carboxylic acids is 1. The number of aliphatic carboxylic acids is 1. The second-order valence-electron chi connectivity index (χ2n) is 8.62. The van der Waals surface area contributed by atoms with Crippen LogP contribution < -0.4 is 5.32 Å². The Balaban J connectivity index is 1.32. The number of benzene rings is 2. The van der Waals surface area contributed by atoms with E-state index in [1.54, 1.807) is 0 Å². The number of amides is 1. The first-order chi connectivity index (χ1) is 14.6. The van der Waals surface area contributed by atoms with Crippen molar-refractivity contribution in [3.63, 3.8) is 0 Å². The maximum Gasteiger partial charge on any atom is 0.407 e. The highest BCUT2D eigenvalue weighted by Gasteiger charge is 2.51. The third-order valence-corrected chi connectivity index (χ3v) is 7.01. The van der Waals surface area contributed by atoms with Crippen molar-refractivity contribution in [3.8, 4) is 11.1 Å². The SMILES string of the molecule is O=C(O)CC1(NC(=O)OCC2c3ccccc3-c3ccccc32)CCN2CCCC21. The molecule has 3 aliphatic rings. The summed E-state index contributed by atoms with van der Waals surface area (Å²) < 4.78 is 5.70. The number of rotatable bonds is 5. The first-order valence-corrected chi connectivity index (χ1v) is 10.7. The number of carboxylic acid groups (broad SMARTS) is 1. The fraction of sp³-hybridized carbons (Fsp3) is 0.417. The smallest absolute Gasteiger partial charge is 0.407 e. The summed E-state index contributed by atoms with van der Waals surface area (Å²) in [7, 11) is 0. The van der Waals surface area contributed by atoms with Gasteiger partial charge in [-0.05, 0) is 48.1 Å². The number of carbonyl (C=O) groups is 2. The molecule has 0 saturated carbocycles. The molecule has 2 aromatic carbocycles. The Morgan fingerprint density at radius 2 is 1.73 bits per heavy atom. The molecule has 30 heavy (non-hydrogen) atoms. The lowest BCUT2D eigenvalue weighted by Crippen LogP contribution is -2.56. The lowest BCUT2D eigenvalue weighted by Gasteiger charge is -2.34. The van der Waals surface area contributed by atoms with Crippen LogP contribution in [0.5, 0.6) is 0 Å². The van der Waals surface area contributed by atoms with E-state index in [0.717, 1.165) is 37.1 Å². The molecule has 5 rings (SSSR count). The largest absolute Gasteiger partial charge is 0.481 e. The number of nitrogens with one attached hydrogen (secondary N) is 1. The number of alkyl carbamates (subject to hydrolysis) is 1. The Kier molecular flexibility index (Phi) is 4.74. The number of hydrogen-bond acceptors (Lipinski definition) is 4. The van der Waals surface area contributed by atoms with E-state index in [1.165, 1.54) is 11.1 Å². The molecule has 2 aromatic rings. The number of nitrogens with zero attached hydrogens (tertiary/aromatic N) is 1. The lowest BCUT2D eigenvalue weighted by atomic mass is 9.85. The third kappa shape index (κ3) is 3.16. The van der Waals surface area contributed by atoms with Crippen molar-refractivity contribution in [2.45, 2.75) is 43.2 Å². The van der Waals surface area contributed by atoms with Gasteiger partial charge in [-0.3, -0.25) is 9.69 Å². The average Bonchev–Trinajstić information content (AvgIpc) is 3.41. The van der Waals surface area contributed by atoms with Gasteiger partial charge in [0.05, 0.1) is 12.0 Å². The molecule has 1 amide bonds. The zero-order valence-corrected chi connectivity index (χ0v) is 16.8. The highest BCUT2D eigenvalue weighted by atomic mass is 16.5. The van der Waals surface area contributed by atoms with E-state index in [9.17, 15) is 14.7 Å². The fourth-order valence-electron chi connectivity index (χ4n) is 5.73. The molecule has 156 valence electrons. The van der Waals surface area contributed by atoms with Gasteiger partial charge in [0.25, 0.3) is 0 Å². The Labute approximate surface area is 175 Å². The van der Waals surface area contributed by atoms with Gasteiger partial charge in [0.2, 0.25) is 0 Å². The van der Waals surface area contributed by atoms with E-state index in [-0.39, 0.29) is 25.0 Å². The molecule has 2 saturated heterocycles.